The molecule has 4 amide bonds. The van der Waals surface area contributed by atoms with E-state index < -0.39 is 34.9 Å². The molecule has 1 spiro atoms. The number of aromatic nitrogens is 1. The number of alkyl halides is 3. The topological polar surface area (TPSA) is 160 Å². The summed E-state index contributed by atoms with van der Waals surface area (Å²) in [6, 6.07) is 15.2. The Balaban J connectivity index is 0.863. The molecule has 3 N–H and O–H groups in total. The number of amides is 4. The second-order valence-corrected chi connectivity index (χ2v) is 16.7. The number of benzene rings is 2. The van der Waals surface area contributed by atoms with Crippen LogP contribution in [0.2, 0.25) is 0 Å². The molecular weight excluding hydrogens is 798 g/mol. The molecule has 2 aromatic carbocycles. The number of carbonyl (C=O) groups is 4. The zero-order valence-electron chi connectivity index (χ0n) is 33.0. The van der Waals surface area contributed by atoms with Gasteiger partial charge in [-0.1, -0.05) is 13.0 Å². The molecule has 3 aromatic rings. The largest absolute Gasteiger partial charge is 0.493 e. The zero-order chi connectivity index (χ0) is 42.3. The van der Waals surface area contributed by atoms with Gasteiger partial charge in [0.05, 0.1) is 30.6 Å². The van der Waals surface area contributed by atoms with Crippen molar-refractivity contribution in [2.75, 3.05) is 33.6 Å². The molecule has 4 atom stereocenters. The number of ether oxygens (including phenoxy) is 1. The molecule has 17 heteroatoms. The fraction of sp³-hybridized carbons (Fsp3) is 0.465. The second kappa shape index (κ2) is 16.5. The number of fused-ring (bicyclic) bond motifs is 2. The number of imide groups is 1. The van der Waals surface area contributed by atoms with Crippen LogP contribution in [0.25, 0.3) is 0 Å². The highest BCUT2D eigenvalue weighted by molar-refractivity contribution is 7.81. The first-order chi connectivity index (χ1) is 28.8. The molecule has 2 bridgehead atoms. The Kier molecular flexibility index (Phi) is 11.3. The van der Waals surface area contributed by atoms with Gasteiger partial charge in [0.1, 0.15) is 23.4 Å². The fourth-order valence-electron chi connectivity index (χ4n) is 9.51. The number of hydrogen-bond acceptors (Lipinski definition) is 10. The number of carbonyl (C=O) groups excluding carboxylic acids is 4. The Morgan fingerprint density at radius 3 is 2.47 bits per heavy atom. The van der Waals surface area contributed by atoms with Crippen molar-refractivity contribution in [3.8, 4) is 11.8 Å². The van der Waals surface area contributed by atoms with Gasteiger partial charge in [-0.05, 0) is 130 Å². The Bertz CT molecular complexity index is 2260. The molecule has 0 radical (unpaired) electrons. The summed E-state index contributed by atoms with van der Waals surface area (Å²) in [5.41, 5.74) is -0.279. The van der Waals surface area contributed by atoms with Crippen LogP contribution < -0.4 is 30.5 Å². The number of rotatable bonds is 12. The fourth-order valence-corrected chi connectivity index (χ4v) is 9.98. The first kappa shape index (κ1) is 41.1. The average molecular weight is 843 g/mol. The molecule has 5 heterocycles. The third-order valence-corrected chi connectivity index (χ3v) is 13.0. The van der Waals surface area contributed by atoms with Gasteiger partial charge in [-0.2, -0.15) is 18.4 Å². The van der Waals surface area contributed by atoms with E-state index in [0.29, 0.717) is 73.9 Å². The lowest BCUT2D eigenvalue weighted by Crippen LogP contribution is -2.55. The van der Waals surface area contributed by atoms with Crippen LogP contribution in [0.4, 0.5) is 35.9 Å². The molecule has 60 heavy (non-hydrogen) atoms. The molecule has 1 saturated carbocycles. The smallest absolute Gasteiger partial charge is 0.419 e. The number of halogens is 3. The van der Waals surface area contributed by atoms with E-state index in [1.165, 1.54) is 6.07 Å². The molecule has 1 unspecified atom stereocenters. The van der Waals surface area contributed by atoms with Crippen molar-refractivity contribution in [3.63, 3.8) is 0 Å². The van der Waals surface area contributed by atoms with Gasteiger partial charge in [0.15, 0.2) is 10.8 Å². The van der Waals surface area contributed by atoms with E-state index in [0.717, 1.165) is 67.0 Å². The number of aryl methyl sites for hydroxylation is 1. The highest BCUT2D eigenvalue weighted by atomic mass is 32.1. The predicted octanol–water partition coefficient (Wildman–Crippen LogP) is 6.46. The van der Waals surface area contributed by atoms with Crippen molar-refractivity contribution in [2.24, 2.45) is 5.92 Å². The molecule has 8 rings (SSSR count). The van der Waals surface area contributed by atoms with E-state index in [4.69, 9.17) is 17.0 Å². The summed E-state index contributed by atoms with van der Waals surface area (Å²) < 4.78 is 47.9. The molecule has 1 aromatic heterocycles. The van der Waals surface area contributed by atoms with Gasteiger partial charge < -0.3 is 20.3 Å². The number of nitrogens with one attached hydrogen (secondary N) is 3. The van der Waals surface area contributed by atoms with E-state index >= 15 is 0 Å². The predicted molar refractivity (Wildman–Crippen MR) is 220 cm³/mol. The summed E-state index contributed by atoms with van der Waals surface area (Å²) in [6.45, 7) is 2.80. The Morgan fingerprint density at radius 1 is 1.05 bits per heavy atom. The lowest BCUT2D eigenvalue weighted by molar-refractivity contribution is -0.138. The van der Waals surface area contributed by atoms with Gasteiger partial charge in [-0.25, -0.2) is 4.98 Å². The Morgan fingerprint density at radius 2 is 1.80 bits per heavy atom. The normalized spacial score (nSPS) is 23.6. The van der Waals surface area contributed by atoms with E-state index in [1.54, 1.807) is 17.0 Å². The minimum atomic E-state index is -4.84. The summed E-state index contributed by atoms with van der Waals surface area (Å²) in [5.74, 6) is 0.0120. The summed E-state index contributed by atoms with van der Waals surface area (Å²) in [5, 5.41) is 17.8. The molecule has 5 aliphatic rings. The minimum absolute atomic E-state index is 0.0574. The third-order valence-electron chi connectivity index (χ3n) is 12.6. The SMILES string of the molecule is CCc1cc(N2C(=S)N(c3cnc(C#N)c(C(F)(F)F)c3)C(=O)C23CCC3)ccc1OCC[C@H]1C[C@H]2CC[C@@H](C1)N2CC(=O)Nc1cccc(NC2CCC(=O)NC2=O)c1. The van der Waals surface area contributed by atoms with Gasteiger partial charge >= 0.3 is 6.18 Å². The highest BCUT2D eigenvalue weighted by Crippen LogP contribution is 2.49. The van der Waals surface area contributed by atoms with Crippen LogP contribution in [-0.4, -0.2) is 75.4 Å². The van der Waals surface area contributed by atoms with Crippen molar-refractivity contribution >= 4 is 63.7 Å². The number of piperidine rings is 2. The van der Waals surface area contributed by atoms with Crippen LogP contribution in [0, 0.1) is 17.2 Å². The van der Waals surface area contributed by atoms with Crippen LogP contribution in [0.1, 0.15) is 88.0 Å². The van der Waals surface area contributed by atoms with Gasteiger partial charge in [0.2, 0.25) is 17.7 Å². The number of nitrogens with zero attached hydrogens (tertiary/aromatic N) is 5. The van der Waals surface area contributed by atoms with Crippen LogP contribution in [0.3, 0.4) is 0 Å². The number of pyridine rings is 1. The minimum Gasteiger partial charge on any atom is -0.493 e. The molecule has 314 valence electrons. The average Bonchev–Trinajstić information content (AvgIpc) is 3.57. The highest BCUT2D eigenvalue weighted by Gasteiger charge is 2.60. The second-order valence-electron chi connectivity index (χ2n) is 16.3. The maximum Gasteiger partial charge on any atom is 0.419 e. The first-order valence-corrected chi connectivity index (χ1v) is 20.9. The molecule has 4 saturated heterocycles. The maximum absolute atomic E-state index is 14.0. The molecule has 4 aliphatic heterocycles. The summed E-state index contributed by atoms with van der Waals surface area (Å²) in [7, 11) is 0. The van der Waals surface area contributed by atoms with Crippen molar-refractivity contribution in [1.82, 2.24) is 15.2 Å². The van der Waals surface area contributed by atoms with Crippen molar-refractivity contribution < 1.29 is 37.1 Å². The van der Waals surface area contributed by atoms with Gasteiger partial charge in [0, 0.05) is 35.6 Å². The first-order valence-electron chi connectivity index (χ1n) is 20.5. The Hall–Kier alpha value is -5.60. The number of hydrogen-bond donors (Lipinski definition) is 3. The van der Waals surface area contributed by atoms with Crippen LogP contribution in [0.15, 0.2) is 54.7 Å². The zero-order valence-corrected chi connectivity index (χ0v) is 33.8. The van der Waals surface area contributed by atoms with Crippen molar-refractivity contribution in [2.45, 2.75) is 107 Å². The van der Waals surface area contributed by atoms with Crippen LogP contribution in [0.5, 0.6) is 5.75 Å². The lowest BCUT2D eigenvalue weighted by Gasteiger charge is -2.43. The standard InChI is InChI=1S/C43H45F3N8O5S/c1-2-26-19-31(54-41(60)53(40(58)42(54)14-4-15-42)32-21-33(43(44,45)46)35(22-47)48-23-32)9-11-36(26)59-16-13-25-17-29-7-8-30(18-25)52(29)24-38(56)50-28-6-3-5-27(20-28)49-34-10-12-37(55)51-39(34)57/h3,5-6,9,11,19-21,23,25,29-30,34,49H,2,4,7-8,10,12-18,24H2,1H3,(H,50,56)(H,51,55,57)/t25-,29+,30-,34?. The Labute approximate surface area is 350 Å². The number of thiocarbonyl (C=S) groups is 1. The van der Waals surface area contributed by atoms with Crippen LogP contribution in [-0.2, 0) is 31.8 Å². The summed E-state index contributed by atoms with van der Waals surface area (Å²) >= 11 is 5.80. The molecular formula is C43H45F3N8O5S. The molecule has 13 nitrogen and oxygen atoms in total. The molecule has 1 aliphatic carbocycles. The molecule has 5 fully saturated rings. The van der Waals surface area contributed by atoms with Gasteiger partial charge in [-0.3, -0.25) is 34.3 Å². The van der Waals surface area contributed by atoms with E-state index in [9.17, 15) is 37.6 Å². The van der Waals surface area contributed by atoms with Gasteiger partial charge in [0.25, 0.3) is 5.91 Å². The van der Waals surface area contributed by atoms with Crippen molar-refractivity contribution in [1.29, 1.82) is 5.26 Å². The number of anilines is 4. The maximum atomic E-state index is 14.0. The van der Waals surface area contributed by atoms with E-state index in [2.05, 4.69) is 25.8 Å². The monoisotopic (exact) mass is 842 g/mol. The lowest BCUT2D eigenvalue weighted by atomic mass is 9.75. The van der Waals surface area contributed by atoms with Crippen molar-refractivity contribution in [3.05, 3.63) is 71.5 Å². The van der Waals surface area contributed by atoms with Crippen LogP contribution >= 0.6 is 12.2 Å². The summed E-state index contributed by atoms with van der Waals surface area (Å²) in [6.07, 6.45) is 4.15. The summed E-state index contributed by atoms with van der Waals surface area (Å²) in [4.78, 5) is 59.8. The number of nitriles is 1. The van der Waals surface area contributed by atoms with E-state index in [1.807, 2.05) is 37.3 Å². The van der Waals surface area contributed by atoms with Gasteiger partial charge in [-0.15, -0.1) is 0 Å². The quantitative estimate of drug-likeness (QED) is 0.136. The van der Waals surface area contributed by atoms with E-state index in [-0.39, 0.29) is 34.9 Å². The third kappa shape index (κ3) is 7.90.